The van der Waals surface area contributed by atoms with Crippen LogP contribution in [0.25, 0.3) is 0 Å². The maximum atomic E-state index is 13.2. The third-order valence-electron chi connectivity index (χ3n) is 5.44. The molecule has 0 saturated heterocycles. The lowest BCUT2D eigenvalue weighted by Crippen LogP contribution is -2.57. The summed E-state index contributed by atoms with van der Waals surface area (Å²) in [6.45, 7) is 3.79. The number of thioether (sulfide) groups is 1. The number of carbonyl (C=O) groups excluding carboxylic acids is 3. The van der Waals surface area contributed by atoms with Crippen LogP contribution in [0.1, 0.15) is 38.8 Å². The number of aromatic nitrogens is 2. The van der Waals surface area contributed by atoms with Crippen molar-refractivity contribution in [2.75, 3.05) is 18.6 Å². The maximum absolute atomic E-state index is 13.2. The SMILES string of the molecule is CSCCC(NC(=O)C(N)C(C)C)C(=O)NC(CCCN=C(N)N)C(=O)NC(Cc1cnc[nH]1)C(=O)O. The number of rotatable bonds is 17. The Hall–Kier alpha value is -3.33. The molecule has 11 N–H and O–H groups in total. The number of guanidine groups is 1. The summed E-state index contributed by atoms with van der Waals surface area (Å²) in [7, 11) is 0. The average Bonchev–Trinajstić information content (AvgIpc) is 3.35. The zero-order valence-electron chi connectivity index (χ0n) is 21.4. The van der Waals surface area contributed by atoms with Crippen molar-refractivity contribution in [2.24, 2.45) is 28.1 Å². The van der Waals surface area contributed by atoms with Crippen LogP contribution in [0, 0.1) is 5.92 Å². The Balaban J connectivity index is 3.03. The van der Waals surface area contributed by atoms with E-state index in [-0.39, 0.29) is 31.3 Å². The molecule has 0 aliphatic heterocycles. The van der Waals surface area contributed by atoms with Crippen molar-refractivity contribution in [3.05, 3.63) is 18.2 Å². The number of aliphatic carboxylic acids is 1. The third-order valence-corrected chi connectivity index (χ3v) is 6.08. The number of amides is 3. The summed E-state index contributed by atoms with van der Waals surface area (Å²) in [5.41, 5.74) is 17.1. The molecule has 0 aliphatic rings. The van der Waals surface area contributed by atoms with Crippen molar-refractivity contribution in [1.29, 1.82) is 0 Å². The van der Waals surface area contributed by atoms with E-state index in [2.05, 4.69) is 30.9 Å². The second-order valence-corrected chi connectivity index (χ2v) is 9.79. The number of aliphatic imine (C=N–C) groups is 1. The molecule has 1 aromatic rings. The number of imidazole rings is 1. The highest BCUT2D eigenvalue weighted by Crippen LogP contribution is 2.07. The number of H-pyrrole nitrogens is 1. The largest absolute Gasteiger partial charge is 0.480 e. The molecule has 3 amide bonds. The van der Waals surface area contributed by atoms with E-state index in [4.69, 9.17) is 17.2 Å². The summed E-state index contributed by atoms with van der Waals surface area (Å²) in [6, 6.07) is -4.10. The zero-order chi connectivity index (χ0) is 28.0. The average molecular weight is 542 g/mol. The van der Waals surface area contributed by atoms with Crippen molar-refractivity contribution in [3.63, 3.8) is 0 Å². The minimum absolute atomic E-state index is 0.0325. The first-order valence-corrected chi connectivity index (χ1v) is 13.3. The van der Waals surface area contributed by atoms with Crippen molar-refractivity contribution < 1.29 is 24.3 Å². The molecule has 0 spiro atoms. The van der Waals surface area contributed by atoms with E-state index in [1.165, 1.54) is 24.3 Å². The number of aromatic amines is 1. The third kappa shape index (κ3) is 12.0. The van der Waals surface area contributed by atoms with Crippen LogP contribution in [-0.4, -0.2) is 87.4 Å². The fraction of sp³-hybridized carbons (Fsp3) is 0.636. The first kappa shape index (κ1) is 31.7. The molecule has 15 heteroatoms. The molecule has 0 radical (unpaired) electrons. The molecule has 4 atom stereocenters. The molecular weight excluding hydrogens is 502 g/mol. The molecule has 1 heterocycles. The van der Waals surface area contributed by atoms with Gasteiger partial charge in [0.1, 0.15) is 18.1 Å². The lowest BCUT2D eigenvalue weighted by Gasteiger charge is -2.25. The number of carboxylic acid groups (broad SMARTS) is 1. The van der Waals surface area contributed by atoms with E-state index < -0.39 is 47.9 Å². The Morgan fingerprint density at radius 2 is 1.65 bits per heavy atom. The number of nitrogens with two attached hydrogens (primary N) is 3. The Labute approximate surface area is 220 Å². The fourth-order valence-electron chi connectivity index (χ4n) is 3.21. The first-order valence-electron chi connectivity index (χ1n) is 11.9. The predicted octanol–water partition coefficient (Wildman–Crippen LogP) is -1.72. The molecule has 0 aromatic carbocycles. The highest BCUT2D eigenvalue weighted by Gasteiger charge is 2.30. The van der Waals surface area contributed by atoms with Gasteiger partial charge in [-0.2, -0.15) is 11.8 Å². The normalized spacial score (nSPS) is 14.2. The van der Waals surface area contributed by atoms with Gasteiger partial charge in [-0.1, -0.05) is 13.8 Å². The van der Waals surface area contributed by atoms with Crippen molar-refractivity contribution in [2.45, 2.75) is 63.7 Å². The Kier molecular flexibility index (Phi) is 14.1. The van der Waals surface area contributed by atoms with Crippen LogP contribution >= 0.6 is 11.8 Å². The summed E-state index contributed by atoms with van der Waals surface area (Å²) in [6.07, 6.45) is 5.45. The standard InChI is InChI=1S/C22H39N9O5S/c1-12(2)17(23)20(34)30-15(6-8-37-3)19(33)29-14(5-4-7-27-22(24)25)18(32)31-16(21(35)36)9-13-10-26-11-28-13/h10-12,14-17H,4-9,23H2,1-3H3,(H,26,28)(H,29,33)(H,30,34)(H,31,32)(H,35,36)(H4,24,25,27). The van der Waals surface area contributed by atoms with E-state index in [0.29, 0.717) is 24.3 Å². The molecule has 0 fully saturated rings. The van der Waals surface area contributed by atoms with Gasteiger partial charge in [0.2, 0.25) is 17.7 Å². The molecular formula is C22H39N9O5S. The van der Waals surface area contributed by atoms with Gasteiger partial charge < -0.3 is 43.2 Å². The predicted molar refractivity (Wildman–Crippen MR) is 141 cm³/mol. The van der Waals surface area contributed by atoms with Crippen molar-refractivity contribution in [3.8, 4) is 0 Å². The van der Waals surface area contributed by atoms with Crippen LogP contribution in [0.2, 0.25) is 0 Å². The van der Waals surface area contributed by atoms with Gasteiger partial charge in [0.05, 0.1) is 12.4 Å². The zero-order valence-corrected chi connectivity index (χ0v) is 22.2. The summed E-state index contributed by atoms with van der Waals surface area (Å²) in [4.78, 5) is 61.0. The van der Waals surface area contributed by atoms with Crippen LogP contribution in [0.3, 0.4) is 0 Å². The quantitative estimate of drug-likeness (QED) is 0.0629. The van der Waals surface area contributed by atoms with E-state index in [0.717, 1.165) is 0 Å². The molecule has 1 rings (SSSR count). The molecule has 14 nitrogen and oxygen atoms in total. The van der Waals surface area contributed by atoms with Crippen LogP contribution in [0.5, 0.6) is 0 Å². The summed E-state index contributed by atoms with van der Waals surface area (Å²) in [5.74, 6) is -2.68. The first-order chi connectivity index (χ1) is 17.5. The molecule has 208 valence electrons. The number of carbonyl (C=O) groups is 4. The maximum Gasteiger partial charge on any atom is 0.326 e. The van der Waals surface area contributed by atoms with Gasteiger partial charge >= 0.3 is 5.97 Å². The number of nitrogens with zero attached hydrogens (tertiary/aromatic N) is 2. The minimum Gasteiger partial charge on any atom is -0.480 e. The number of hydrogen-bond acceptors (Lipinski definition) is 8. The fourth-order valence-corrected chi connectivity index (χ4v) is 3.68. The minimum atomic E-state index is -1.26. The highest BCUT2D eigenvalue weighted by molar-refractivity contribution is 7.98. The second kappa shape index (κ2) is 16.4. The van der Waals surface area contributed by atoms with Crippen LogP contribution in [-0.2, 0) is 25.6 Å². The second-order valence-electron chi connectivity index (χ2n) is 8.80. The van der Waals surface area contributed by atoms with Gasteiger partial charge in [0, 0.05) is 24.9 Å². The summed E-state index contributed by atoms with van der Waals surface area (Å²) in [5, 5.41) is 17.4. The Bertz CT molecular complexity index is 906. The van der Waals surface area contributed by atoms with Crippen LogP contribution in [0.4, 0.5) is 0 Å². The number of hydrogen-bond donors (Lipinski definition) is 8. The van der Waals surface area contributed by atoms with E-state index in [9.17, 15) is 24.3 Å². The smallest absolute Gasteiger partial charge is 0.326 e. The lowest BCUT2D eigenvalue weighted by atomic mass is 10.0. The topological polar surface area (TPSA) is 244 Å². The summed E-state index contributed by atoms with van der Waals surface area (Å²) >= 11 is 1.49. The highest BCUT2D eigenvalue weighted by atomic mass is 32.2. The van der Waals surface area contributed by atoms with Crippen molar-refractivity contribution >= 4 is 41.4 Å². The molecule has 4 unspecified atom stereocenters. The Morgan fingerprint density at radius 3 is 2.16 bits per heavy atom. The van der Waals surface area contributed by atoms with Crippen LogP contribution < -0.4 is 33.2 Å². The van der Waals surface area contributed by atoms with Gasteiger partial charge in [-0.15, -0.1) is 0 Å². The van der Waals surface area contributed by atoms with E-state index in [1.54, 1.807) is 13.8 Å². The van der Waals surface area contributed by atoms with Gasteiger partial charge in [-0.05, 0) is 37.2 Å². The molecule has 1 aromatic heterocycles. The monoisotopic (exact) mass is 541 g/mol. The Morgan fingerprint density at radius 1 is 1.05 bits per heavy atom. The van der Waals surface area contributed by atoms with E-state index >= 15 is 0 Å². The number of carboxylic acids is 1. The van der Waals surface area contributed by atoms with E-state index in [1.807, 2.05) is 6.26 Å². The van der Waals surface area contributed by atoms with Crippen molar-refractivity contribution in [1.82, 2.24) is 25.9 Å². The van der Waals surface area contributed by atoms with Gasteiger partial charge in [0.25, 0.3) is 0 Å². The molecule has 0 bridgehead atoms. The van der Waals surface area contributed by atoms with Crippen LogP contribution in [0.15, 0.2) is 17.5 Å². The lowest BCUT2D eigenvalue weighted by molar-refractivity contribution is -0.142. The molecule has 0 saturated carbocycles. The van der Waals surface area contributed by atoms with Gasteiger partial charge in [-0.25, -0.2) is 9.78 Å². The molecule has 37 heavy (non-hydrogen) atoms. The van der Waals surface area contributed by atoms with Gasteiger partial charge in [0.15, 0.2) is 5.96 Å². The van der Waals surface area contributed by atoms with Gasteiger partial charge in [-0.3, -0.25) is 19.4 Å². The number of nitrogens with one attached hydrogen (secondary N) is 4. The summed E-state index contributed by atoms with van der Waals surface area (Å²) < 4.78 is 0. The molecule has 0 aliphatic carbocycles.